The molecule has 1 aromatic rings. The van der Waals surface area contributed by atoms with Gasteiger partial charge in [-0.25, -0.2) is 0 Å². The highest BCUT2D eigenvalue weighted by atomic mass is 35.5. The third kappa shape index (κ3) is 5.86. The fourth-order valence-electron chi connectivity index (χ4n) is 3.07. The Morgan fingerprint density at radius 1 is 1.23 bits per heavy atom. The Bertz CT molecular complexity index is 631. The number of likely N-dealkylation sites (tertiary alicyclic amines) is 1. The number of hydrogen-bond acceptors (Lipinski definition) is 3. The van der Waals surface area contributed by atoms with Gasteiger partial charge in [0.05, 0.1) is 16.1 Å². The monoisotopic (exact) mass is 399 g/mol. The number of carbonyl (C=O) groups is 2. The van der Waals surface area contributed by atoms with Crippen molar-refractivity contribution in [3.63, 3.8) is 0 Å². The van der Waals surface area contributed by atoms with Gasteiger partial charge in [-0.05, 0) is 57.5 Å². The molecule has 1 aromatic carbocycles. The van der Waals surface area contributed by atoms with Crippen LogP contribution in [0, 0.1) is 5.92 Å². The van der Waals surface area contributed by atoms with Crippen LogP contribution in [0.3, 0.4) is 0 Å². The van der Waals surface area contributed by atoms with Gasteiger partial charge >= 0.3 is 0 Å². The van der Waals surface area contributed by atoms with E-state index in [9.17, 15) is 9.59 Å². The lowest BCUT2D eigenvalue weighted by Crippen LogP contribution is -2.48. The molecule has 5 nitrogen and oxygen atoms in total. The zero-order chi connectivity index (χ0) is 19.1. The SMILES string of the molecule is CCCCNC(=O)C1CCN([C@H](C)C(=O)Nc2ccc(Cl)c(Cl)c2)CC1. The highest BCUT2D eigenvalue weighted by molar-refractivity contribution is 6.42. The molecule has 7 heteroatoms. The summed E-state index contributed by atoms with van der Waals surface area (Å²) in [4.78, 5) is 26.8. The lowest BCUT2D eigenvalue weighted by Gasteiger charge is -2.34. The van der Waals surface area contributed by atoms with E-state index in [4.69, 9.17) is 23.2 Å². The first kappa shape index (κ1) is 21.0. The molecule has 1 fully saturated rings. The number of carbonyl (C=O) groups excluding carboxylic acids is 2. The van der Waals surface area contributed by atoms with Crippen LogP contribution in [0.5, 0.6) is 0 Å². The standard InChI is InChI=1S/C19H27Cl2N3O2/c1-3-4-9-22-19(26)14-7-10-24(11-8-14)13(2)18(25)23-15-5-6-16(20)17(21)12-15/h5-6,12-14H,3-4,7-11H2,1-2H3,(H,22,26)(H,23,25)/t13-/m1/s1. The Morgan fingerprint density at radius 2 is 1.92 bits per heavy atom. The summed E-state index contributed by atoms with van der Waals surface area (Å²) in [6, 6.07) is 4.76. The van der Waals surface area contributed by atoms with E-state index in [0.29, 0.717) is 15.7 Å². The number of anilines is 1. The minimum Gasteiger partial charge on any atom is -0.356 e. The molecule has 144 valence electrons. The van der Waals surface area contributed by atoms with E-state index in [-0.39, 0.29) is 23.8 Å². The van der Waals surface area contributed by atoms with Crippen molar-refractivity contribution < 1.29 is 9.59 Å². The van der Waals surface area contributed by atoms with Gasteiger partial charge in [-0.2, -0.15) is 0 Å². The number of halogens is 2. The topological polar surface area (TPSA) is 61.4 Å². The summed E-state index contributed by atoms with van der Waals surface area (Å²) in [6.45, 7) is 6.21. The van der Waals surface area contributed by atoms with Crippen molar-refractivity contribution in [3.8, 4) is 0 Å². The van der Waals surface area contributed by atoms with Crippen molar-refractivity contribution in [1.29, 1.82) is 0 Å². The maximum Gasteiger partial charge on any atom is 0.241 e. The molecule has 1 aliphatic rings. The van der Waals surface area contributed by atoms with E-state index in [2.05, 4.69) is 22.5 Å². The van der Waals surface area contributed by atoms with Crippen LogP contribution >= 0.6 is 23.2 Å². The average molecular weight is 400 g/mol. The maximum absolute atomic E-state index is 12.5. The molecular weight excluding hydrogens is 373 g/mol. The quantitative estimate of drug-likeness (QED) is 0.682. The molecule has 0 aliphatic carbocycles. The van der Waals surface area contributed by atoms with Crippen molar-refractivity contribution in [3.05, 3.63) is 28.2 Å². The van der Waals surface area contributed by atoms with Crippen molar-refractivity contribution in [2.75, 3.05) is 25.0 Å². The summed E-state index contributed by atoms with van der Waals surface area (Å²) in [5, 5.41) is 6.74. The lowest BCUT2D eigenvalue weighted by molar-refractivity contribution is -0.127. The maximum atomic E-state index is 12.5. The number of nitrogens with zero attached hydrogens (tertiary/aromatic N) is 1. The van der Waals surface area contributed by atoms with E-state index in [1.54, 1.807) is 18.2 Å². The number of unbranched alkanes of at least 4 members (excludes halogenated alkanes) is 1. The summed E-state index contributed by atoms with van der Waals surface area (Å²) in [6.07, 6.45) is 3.64. The van der Waals surface area contributed by atoms with Crippen LogP contribution in [0.25, 0.3) is 0 Å². The molecule has 1 aliphatic heterocycles. The van der Waals surface area contributed by atoms with E-state index >= 15 is 0 Å². The normalized spacial score (nSPS) is 16.9. The molecule has 1 heterocycles. The van der Waals surface area contributed by atoms with E-state index in [1.165, 1.54) is 0 Å². The van der Waals surface area contributed by atoms with Crippen molar-refractivity contribution in [2.24, 2.45) is 5.92 Å². The Kier molecular flexibility index (Phi) is 8.19. The summed E-state index contributed by atoms with van der Waals surface area (Å²) in [5.74, 6) is 0.105. The minimum atomic E-state index is -0.270. The van der Waals surface area contributed by atoms with Crippen LogP contribution in [-0.2, 0) is 9.59 Å². The summed E-state index contributed by atoms with van der Waals surface area (Å²) < 4.78 is 0. The van der Waals surface area contributed by atoms with Gasteiger partial charge in [0.15, 0.2) is 0 Å². The highest BCUT2D eigenvalue weighted by Crippen LogP contribution is 2.25. The number of hydrogen-bond donors (Lipinski definition) is 2. The molecule has 1 atom stereocenters. The number of amides is 2. The van der Waals surface area contributed by atoms with E-state index in [0.717, 1.165) is 45.3 Å². The van der Waals surface area contributed by atoms with Crippen LogP contribution in [0.4, 0.5) is 5.69 Å². The van der Waals surface area contributed by atoms with Gasteiger partial charge in [-0.3, -0.25) is 14.5 Å². The molecule has 0 spiro atoms. The molecule has 0 saturated carbocycles. The van der Waals surface area contributed by atoms with Crippen LogP contribution in [0.2, 0.25) is 10.0 Å². The molecule has 2 N–H and O–H groups in total. The zero-order valence-electron chi connectivity index (χ0n) is 15.4. The first-order chi connectivity index (χ1) is 12.4. The smallest absolute Gasteiger partial charge is 0.241 e. The molecule has 1 saturated heterocycles. The Labute approximate surface area is 165 Å². The summed E-state index contributed by atoms with van der Waals surface area (Å²) in [5.41, 5.74) is 0.626. The van der Waals surface area contributed by atoms with E-state index in [1.807, 2.05) is 6.92 Å². The fraction of sp³-hybridized carbons (Fsp3) is 0.579. The van der Waals surface area contributed by atoms with Crippen LogP contribution in [0.15, 0.2) is 18.2 Å². The molecule has 0 unspecified atom stereocenters. The molecule has 26 heavy (non-hydrogen) atoms. The van der Waals surface area contributed by atoms with Gasteiger partial charge in [0.25, 0.3) is 0 Å². The third-order valence-corrected chi connectivity index (χ3v) is 5.58. The molecule has 2 rings (SSSR count). The molecular formula is C19H27Cl2N3O2. The number of nitrogens with one attached hydrogen (secondary N) is 2. The first-order valence-electron chi connectivity index (χ1n) is 9.20. The minimum absolute atomic E-state index is 0.0495. The predicted molar refractivity (Wildman–Crippen MR) is 107 cm³/mol. The zero-order valence-corrected chi connectivity index (χ0v) is 16.9. The van der Waals surface area contributed by atoms with Crippen LogP contribution < -0.4 is 10.6 Å². The number of benzene rings is 1. The second-order valence-corrected chi connectivity index (χ2v) is 7.56. The summed E-state index contributed by atoms with van der Waals surface area (Å²) >= 11 is 11.9. The lowest BCUT2D eigenvalue weighted by atomic mass is 9.95. The predicted octanol–water partition coefficient (Wildman–Crippen LogP) is 3.95. The van der Waals surface area contributed by atoms with Crippen molar-refractivity contribution in [1.82, 2.24) is 10.2 Å². The molecule has 0 aromatic heterocycles. The van der Waals surface area contributed by atoms with Crippen LogP contribution in [-0.4, -0.2) is 42.4 Å². The van der Waals surface area contributed by atoms with Gasteiger partial charge in [-0.1, -0.05) is 36.5 Å². The molecule has 0 radical (unpaired) electrons. The highest BCUT2D eigenvalue weighted by Gasteiger charge is 2.29. The van der Waals surface area contributed by atoms with E-state index < -0.39 is 0 Å². The Balaban J connectivity index is 1.81. The van der Waals surface area contributed by atoms with Gasteiger partial charge in [-0.15, -0.1) is 0 Å². The second kappa shape index (κ2) is 10.1. The van der Waals surface area contributed by atoms with Crippen LogP contribution in [0.1, 0.15) is 39.5 Å². The largest absolute Gasteiger partial charge is 0.356 e. The Morgan fingerprint density at radius 3 is 2.54 bits per heavy atom. The van der Waals surface area contributed by atoms with Gasteiger partial charge in [0.1, 0.15) is 0 Å². The second-order valence-electron chi connectivity index (χ2n) is 6.75. The summed E-state index contributed by atoms with van der Waals surface area (Å²) in [7, 11) is 0. The number of piperidine rings is 1. The van der Waals surface area contributed by atoms with Gasteiger partial charge in [0.2, 0.25) is 11.8 Å². The van der Waals surface area contributed by atoms with Gasteiger partial charge < -0.3 is 10.6 Å². The molecule has 2 amide bonds. The molecule has 0 bridgehead atoms. The van der Waals surface area contributed by atoms with Crippen molar-refractivity contribution in [2.45, 2.75) is 45.6 Å². The average Bonchev–Trinajstić information content (AvgIpc) is 2.64. The first-order valence-corrected chi connectivity index (χ1v) is 9.95. The van der Waals surface area contributed by atoms with Crippen molar-refractivity contribution >= 4 is 40.7 Å². The Hall–Kier alpha value is -1.30. The number of rotatable bonds is 7. The fourth-order valence-corrected chi connectivity index (χ4v) is 3.37. The third-order valence-electron chi connectivity index (χ3n) is 4.84. The van der Waals surface area contributed by atoms with Gasteiger partial charge in [0, 0.05) is 18.2 Å².